The molecule has 0 fully saturated rings. The van der Waals surface area contributed by atoms with Crippen LogP contribution in [0.3, 0.4) is 0 Å². The monoisotopic (exact) mass is 273 g/mol. The molecule has 2 heterocycles. The summed E-state index contributed by atoms with van der Waals surface area (Å²) in [6.07, 6.45) is 2.82. The van der Waals surface area contributed by atoms with Crippen LogP contribution in [0, 0.1) is 6.92 Å². The zero-order valence-corrected chi connectivity index (χ0v) is 11.7. The number of nitrogens with zero attached hydrogens (tertiary/aromatic N) is 4. The Morgan fingerprint density at radius 2 is 2.25 bits per heavy atom. The van der Waals surface area contributed by atoms with E-state index in [0.717, 1.165) is 22.8 Å². The molecule has 5 nitrogen and oxygen atoms in total. The molecule has 0 atom stereocenters. The molecule has 0 saturated carbocycles. The van der Waals surface area contributed by atoms with Crippen molar-refractivity contribution in [3.05, 3.63) is 47.8 Å². The summed E-state index contributed by atoms with van der Waals surface area (Å²) < 4.78 is 14.9. The lowest BCUT2D eigenvalue weighted by atomic mass is 10.1. The van der Waals surface area contributed by atoms with Crippen LogP contribution in [0.5, 0.6) is 0 Å². The van der Waals surface area contributed by atoms with Crippen LogP contribution in [0.15, 0.2) is 41.6 Å². The fraction of sp³-hybridized carbons (Fsp3) is 0.214. The summed E-state index contributed by atoms with van der Waals surface area (Å²) in [6, 6.07) is 1.98. The summed E-state index contributed by atoms with van der Waals surface area (Å²) in [5.74, 6) is -0.654. The van der Waals surface area contributed by atoms with Gasteiger partial charge in [0, 0.05) is 18.6 Å². The van der Waals surface area contributed by atoms with Gasteiger partial charge < -0.3 is 5.73 Å². The Morgan fingerprint density at radius 3 is 2.90 bits per heavy atom. The topological polar surface area (TPSA) is 69.1 Å². The van der Waals surface area contributed by atoms with Crippen molar-refractivity contribution in [3.63, 3.8) is 0 Å². The van der Waals surface area contributed by atoms with Gasteiger partial charge in [-0.2, -0.15) is 5.10 Å². The van der Waals surface area contributed by atoms with E-state index < -0.39 is 5.83 Å². The molecule has 0 bridgehead atoms. The maximum atomic E-state index is 13.3. The fourth-order valence-corrected chi connectivity index (χ4v) is 1.81. The molecule has 6 heteroatoms. The molecular weight excluding hydrogens is 257 g/mol. The lowest BCUT2D eigenvalue weighted by molar-refractivity contribution is 0.646. The Hall–Kier alpha value is -2.50. The number of aliphatic imine (C=N–C) groups is 1. The van der Waals surface area contributed by atoms with E-state index in [1.165, 1.54) is 0 Å². The summed E-state index contributed by atoms with van der Waals surface area (Å²) in [5.41, 5.74) is 8.13. The van der Waals surface area contributed by atoms with Crippen LogP contribution < -0.4 is 5.73 Å². The maximum Gasteiger partial charge on any atom is 0.163 e. The molecule has 0 radical (unpaired) electrons. The number of fused-ring (bicyclic) bond motifs is 1. The number of hydrogen-bond acceptors (Lipinski definition) is 4. The minimum absolute atomic E-state index is 0.148. The first-order chi connectivity index (χ1) is 9.40. The van der Waals surface area contributed by atoms with Crippen LogP contribution in [0.1, 0.15) is 18.2 Å². The Labute approximate surface area is 116 Å². The van der Waals surface area contributed by atoms with Crippen molar-refractivity contribution in [3.8, 4) is 0 Å². The van der Waals surface area contributed by atoms with Crippen molar-refractivity contribution in [1.82, 2.24) is 14.8 Å². The van der Waals surface area contributed by atoms with Gasteiger partial charge in [-0.15, -0.1) is 0 Å². The lowest BCUT2D eigenvalue weighted by Crippen LogP contribution is -1.99. The standard InChI is InChI=1S/C14H16FN5/c1-8-5-11-13(19-20(4)14(11)18-6-8)10(3)17-7-12(15)9(2)16/h5-7H,2,16H2,1,3-4H3/b12-7+,17-10?. The summed E-state index contributed by atoms with van der Waals surface area (Å²) in [4.78, 5) is 8.37. The van der Waals surface area contributed by atoms with E-state index in [1.807, 2.05) is 13.0 Å². The second kappa shape index (κ2) is 5.24. The number of allylic oxidation sites excluding steroid dienone is 1. The highest BCUT2D eigenvalue weighted by Crippen LogP contribution is 2.18. The normalized spacial score (nSPS) is 13.0. The number of rotatable bonds is 3. The molecule has 20 heavy (non-hydrogen) atoms. The van der Waals surface area contributed by atoms with Crippen LogP contribution in [-0.2, 0) is 7.05 Å². The van der Waals surface area contributed by atoms with Gasteiger partial charge in [-0.25, -0.2) is 14.1 Å². The molecule has 2 rings (SSSR count). The van der Waals surface area contributed by atoms with Gasteiger partial charge in [-0.3, -0.25) is 4.99 Å². The van der Waals surface area contributed by atoms with Crippen LogP contribution in [0.2, 0.25) is 0 Å². The molecule has 0 unspecified atom stereocenters. The molecule has 2 aromatic rings. The van der Waals surface area contributed by atoms with Crippen molar-refractivity contribution in [2.45, 2.75) is 13.8 Å². The molecule has 0 aliphatic heterocycles. The third kappa shape index (κ3) is 2.59. The number of aromatic nitrogens is 3. The van der Waals surface area contributed by atoms with Crippen LogP contribution in [-0.4, -0.2) is 20.5 Å². The molecule has 0 saturated heterocycles. The second-order valence-electron chi connectivity index (χ2n) is 4.57. The number of pyridine rings is 1. The third-order valence-corrected chi connectivity index (χ3v) is 2.84. The Balaban J connectivity index is 2.53. The van der Waals surface area contributed by atoms with Crippen LogP contribution in [0.25, 0.3) is 11.0 Å². The van der Waals surface area contributed by atoms with Gasteiger partial charge in [0.25, 0.3) is 0 Å². The largest absolute Gasteiger partial charge is 0.397 e. The van der Waals surface area contributed by atoms with Gasteiger partial charge in [0.05, 0.1) is 17.6 Å². The van der Waals surface area contributed by atoms with E-state index in [0.29, 0.717) is 11.4 Å². The molecule has 0 aliphatic rings. The van der Waals surface area contributed by atoms with Gasteiger partial charge in [0.1, 0.15) is 5.69 Å². The SMILES string of the molecule is C=C(N)/C(F)=C\N=C(C)c1nn(C)c2ncc(C)cc12. The fourth-order valence-electron chi connectivity index (χ4n) is 1.81. The molecular formula is C14H16FN5. The van der Waals surface area contributed by atoms with Gasteiger partial charge >= 0.3 is 0 Å². The average Bonchev–Trinajstić information content (AvgIpc) is 2.72. The summed E-state index contributed by atoms with van der Waals surface area (Å²) in [7, 11) is 1.81. The average molecular weight is 273 g/mol. The predicted molar refractivity (Wildman–Crippen MR) is 78.0 cm³/mol. The Kier molecular flexibility index (Phi) is 3.65. The number of halogens is 1. The highest BCUT2D eigenvalue weighted by atomic mass is 19.1. The van der Waals surface area contributed by atoms with E-state index in [4.69, 9.17) is 5.73 Å². The highest BCUT2D eigenvalue weighted by molar-refractivity contribution is 6.07. The van der Waals surface area contributed by atoms with Crippen LogP contribution in [0.4, 0.5) is 4.39 Å². The first-order valence-corrected chi connectivity index (χ1v) is 6.04. The maximum absolute atomic E-state index is 13.3. The lowest BCUT2D eigenvalue weighted by Gasteiger charge is -1.97. The molecule has 2 aromatic heterocycles. The molecule has 0 aliphatic carbocycles. The summed E-state index contributed by atoms with van der Waals surface area (Å²) >= 11 is 0. The highest BCUT2D eigenvalue weighted by Gasteiger charge is 2.12. The van der Waals surface area contributed by atoms with E-state index >= 15 is 0 Å². The number of aryl methyl sites for hydroxylation is 2. The third-order valence-electron chi connectivity index (χ3n) is 2.84. The Morgan fingerprint density at radius 1 is 1.55 bits per heavy atom. The molecule has 0 aromatic carbocycles. The number of nitrogens with two attached hydrogens (primary N) is 1. The minimum atomic E-state index is -0.654. The van der Waals surface area contributed by atoms with Gasteiger partial charge in [-0.1, -0.05) is 6.58 Å². The first kappa shape index (κ1) is 13.9. The van der Waals surface area contributed by atoms with Gasteiger partial charge in [0.15, 0.2) is 11.5 Å². The van der Waals surface area contributed by atoms with Crippen molar-refractivity contribution in [1.29, 1.82) is 0 Å². The van der Waals surface area contributed by atoms with Gasteiger partial charge in [-0.05, 0) is 25.5 Å². The minimum Gasteiger partial charge on any atom is -0.397 e. The first-order valence-electron chi connectivity index (χ1n) is 6.04. The Bertz CT molecular complexity index is 739. The summed E-state index contributed by atoms with van der Waals surface area (Å²) in [5, 5.41) is 5.26. The zero-order chi connectivity index (χ0) is 14.9. The number of hydrogen-bond donors (Lipinski definition) is 1. The van der Waals surface area contributed by atoms with Gasteiger partial charge in [0.2, 0.25) is 0 Å². The predicted octanol–water partition coefficient (Wildman–Crippen LogP) is 2.37. The van der Waals surface area contributed by atoms with Crippen molar-refractivity contribution >= 4 is 16.7 Å². The van der Waals surface area contributed by atoms with E-state index in [2.05, 4.69) is 21.7 Å². The van der Waals surface area contributed by atoms with Crippen molar-refractivity contribution in [2.24, 2.45) is 17.8 Å². The van der Waals surface area contributed by atoms with Crippen LogP contribution >= 0.6 is 0 Å². The van der Waals surface area contributed by atoms with Crippen molar-refractivity contribution < 1.29 is 4.39 Å². The second-order valence-corrected chi connectivity index (χ2v) is 4.57. The summed E-state index contributed by atoms with van der Waals surface area (Å²) in [6.45, 7) is 7.02. The molecule has 0 spiro atoms. The smallest absolute Gasteiger partial charge is 0.163 e. The van der Waals surface area contributed by atoms with E-state index in [9.17, 15) is 4.39 Å². The van der Waals surface area contributed by atoms with E-state index in [1.54, 1.807) is 24.9 Å². The zero-order valence-electron chi connectivity index (χ0n) is 11.7. The van der Waals surface area contributed by atoms with E-state index in [-0.39, 0.29) is 5.70 Å². The van der Waals surface area contributed by atoms with Crippen molar-refractivity contribution in [2.75, 3.05) is 0 Å². The molecule has 2 N–H and O–H groups in total. The quantitative estimate of drug-likeness (QED) is 0.689. The molecule has 104 valence electrons. The molecule has 0 amide bonds.